The third-order valence-electron chi connectivity index (χ3n) is 7.25. The largest absolute Gasteiger partial charge is 0.369 e. The van der Waals surface area contributed by atoms with Crippen LogP contribution in [0.3, 0.4) is 0 Å². The second-order valence-electron chi connectivity index (χ2n) is 10.0. The van der Waals surface area contributed by atoms with Gasteiger partial charge in [-0.15, -0.1) is 0 Å². The lowest BCUT2D eigenvalue weighted by molar-refractivity contribution is 0.0960. The molecule has 5 rings (SSSR count). The van der Waals surface area contributed by atoms with Crippen LogP contribution >= 0.6 is 0 Å². The van der Waals surface area contributed by atoms with Gasteiger partial charge < -0.3 is 20.9 Å². The minimum atomic E-state index is -0.640. The number of anilines is 2. The van der Waals surface area contributed by atoms with Crippen molar-refractivity contribution in [2.75, 3.05) is 44.4 Å². The molecule has 1 atom stereocenters. The molecule has 0 unspecified atom stereocenters. The van der Waals surface area contributed by atoms with Crippen LogP contribution in [0.5, 0.6) is 0 Å². The number of halogens is 1. The van der Waals surface area contributed by atoms with Gasteiger partial charge in [-0.2, -0.15) is 0 Å². The van der Waals surface area contributed by atoms with E-state index in [1.807, 2.05) is 36.5 Å². The van der Waals surface area contributed by atoms with Crippen molar-refractivity contribution in [1.29, 1.82) is 0 Å². The molecule has 3 N–H and O–H groups in total. The van der Waals surface area contributed by atoms with Crippen LogP contribution < -0.4 is 16.0 Å². The monoisotopic (exact) mass is 528 g/mol. The quantitative estimate of drug-likeness (QED) is 0.311. The molecule has 202 valence electrons. The second-order valence-corrected chi connectivity index (χ2v) is 10.0. The molecule has 4 heterocycles. The van der Waals surface area contributed by atoms with Gasteiger partial charge in [0.05, 0.1) is 23.0 Å². The Labute approximate surface area is 227 Å². The summed E-state index contributed by atoms with van der Waals surface area (Å²) in [6.45, 7) is 4.80. The highest BCUT2D eigenvalue weighted by atomic mass is 19.1. The summed E-state index contributed by atoms with van der Waals surface area (Å²) in [5, 5.41) is 9.91. The molecule has 1 aromatic carbocycles. The number of carbonyl (C=O) groups is 1. The number of nitrogens with zero attached hydrogens (tertiary/aromatic N) is 5. The summed E-state index contributed by atoms with van der Waals surface area (Å²) in [4.78, 5) is 32.4. The van der Waals surface area contributed by atoms with Crippen molar-refractivity contribution in [3.63, 3.8) is 0 Å². The van der Waals surface area contributed by atoms with E-state index in [1.54, 1.807) is 6.07 Å². The van der Waals surface area contributed by atoms with Crippen molar-refractivity contribution < 1.29 is 9.18 Å². The molecular formula is C29H33FN8O. The maximum absolute atomic E-state index is 14.4. The molecule has 0 bridgehead atoms. The van der Waals surface area contributed by atoms with Crippen LogP contribution in [0.2, 0.25) is 0 Å². The molecule has 0 spiro atoms. The van der Waals surface area contributed by atoms with Gasteiger partial charge >= 0.3 is 0 Å². The van der Waals surface area contributed by atoms with Gasteiger partial charge in [-0.05, 0) is 50.7 Å². The maximum Gasteiger partial charge on any atom is 0.254 e. The molecule has 4 aromatic rings. The Morgan fingerprint density at radius 3 is 2.64 bits per heavy atom. The molecule has 1 aliphatic rings. The Balaban J connectivity index is 1.27. The molecule has 3 aromatic heterocycles. The van der Waals surface area contributed by atoms with Crippen LogP contribution in [0.25, 0.3) is 22.2 Å². The highest BCUT2D eigenvalue weighted by Crippen LogP contribution is 2.28. The molecule has 10 heteroatoms. The first-order valence-corrected chi connectivity index (χ1v) is 13.2. The minimum Gasteiger partial charge on any atom is -0.369 e. The number of benzene rings is 1. The summed E-state index contributed by atoms with van der Waals surface area (Å²) >= 11 is 0. The highest BCUT2D eigenvalue weighted by molar-refractivity contribution is 6.06. The van der Waals surface area contributed by atoms with E-state index in [0.29, 0.717) is 29.3 Å². The number of fused-ring (bicyclic) bond motifs is 1. The summed E-state index contributed by atoms with van der Waals surface area (Å²) in [6, 6.07) is 11.8. The zero-order chi connectivity index (χ0) is 27.4. The number of amides is 1. The fourth-order valence-electron chi connectivity index (χ4n) is 4.95. The molecule has 1 fully saturated rings. The van der Waals surface area contributed by atoms with Crippen molar-refractivity contribution in [3.8, 4) is 11.3 Å². The first-order valence-electron chi connectivity index (χ1n) is 13.2. The molecule has 39 heavy (non-hydrogen) atoms. The van der Waals surface area contributed by atoms with E-state index in [-0.39, 0.29) is 11.5 Å². The number of nitrogens with one attached hydrogen (secondary N) is 3. The standard InChI is InChI=1S/C29H33FN8O/c1-18(21-5-4-6-22-27(29(39)31-2)23(30)16-34-28(21)22)14-32-26-13-24(35-17-36-26)19-7-8-25(33-15-19)37-20-9-11-38(3)12-10-20/h4-8,13,15-18,20H,9-12,14H2,1-3H3,(H,31,39)(H,33,37)(H,32,35,36)/t18-/m1/s1. The first kappa shape index (κ1) is 26.4. The average molecular weight is 529 g/mol. The van der Waals surface area contributed by atoms with Gasteiger partial charge in [0.25, 0.3) is 5.91 Å². The molecule has 0 radical (unpaired) electrons. The smallest absolute Gasteiger partial charge is 0.254 e. The molecular weight excluding hydrogens is 495 g/mol. The Morgan fingerprint density at radius 2 is 1.90 bits per heavy atom. The van der Waals surface area contributed by atoms with Gasteiger partial charge in [0.2, 0.25) is 0 Å². The summed E-state index contributed by atoms with van der Waals surface area (Å²) in [6.07, 6.45) is 6.69. The van der Waals surface area contributed by atoms with Crippen molar-refractivity contribution in [1.82, 2.24) is 30.2 Å². The number of rotatable bonds is 8. The van der Waals surface area contributed by atoms with Crippen LogP contribution in [0, 0.1) is 5.82 Å². The van der Waals surface area contributed by atoms with Crippen molar-refractivity contribution in [2.24, 2.45) is 0 Å². The van der Waals surface area contributed by atoms with Crippen molar-refractivity contribution in [3.05, 3.63) is 72.1 Å². The summed E-state index contributed by atoms with van der Waals surface area (Å²) < 4.78 is 14.4. The number of hydrogen-bond donors (Lipinski definition) is 3. The van der Waals surface area contributed by atoms with E-state index in [0.717, 1.165) is 54.8 Å². The average Bonchev–Trinajstić information content (AvgIpc) is 2.97. The number of piperidine rings is 1. The normalized spacial score (nSPS) is 15.2. The van der Waals surface area contributed by atoms with Crippen LogP contribution in [-0.2, 0) is 0 Å². The SMILES string of the molecule is CNC(=O)c1c(F)cnc2c([C@H](C)CNc3cc(-c4ccc(NC5CCN(C)CC5)nc4)ncn3)cccc12. The molecule has 1 saturated heterocycles. The first-order chi connectivity index (χ1) is 18.9. The van der Waals surface area contributed by atoms with E-state index in [1.165, 1.54) is 13.4 Å². The Morgan fingerprint density at radius 1 is 1.08 bits per heavy atom. The lowest BCUT2D eigenvalue weighted by Crippen LogP contribution is -2.36. The molecule has 1 aliphatic heterocycles. The fourth-order valence-corrected chi connectivity index (χ4v) is 4.95. The molecule has 1 amide bonds. The number of para-hydroxylation sites is 1. The highest BCUT2D eigenvalue weighted by Gasteiger charge is 2.19. The van der Waals surface area contributed by atoms with Gasteiger partial charge in [-0.25, -0.2) is 19.3 Å². The zero-order valence-electron chi connectivity index (χ0n) is 22.4. The summed E-state index contributed by atoms with van der Waals surface area (Å²) in [5.74, 6) is 0.451. The van der Waals surface area contributed by atoms with E-state index in [4.69, 9.17) is 0 Å². The third-order valence-corrected chi connectivity index (χ3v) is 7.25. The number of likely N-dealkylation sites (tertiary alicyclic amines) is 1. The lowest BCUT2D eigenvalue weighted by Gasteiger charge is -2.29. The van der Waals surface area contributed by atoms with Gasteiger partial charge in [-0.1, -0.05) is 25.1 Å². The predicted octanol–water partition coefficient (Wildman–Crippen LogP) is 4.31. The Hall–Kier alpha value is -4.18. The Bertz CT molecular complexity index is 1450. The van der Waals surface area contributed by atoms with Crippen LogP contribution in [0.1, 0.15) is 41.6 Å². The summed E-state index contributed by atoms with van der Waals surface area (Å²) in [7, 11) is 3.64. The van der Waals surface area contributed by atoms with Gasteiger partial charge in [-0.3, -0.25) is 9.78 Å². The molecule has 9 nitrogen and oxygen atoms in total. The zero-order valence-corrected chi connectivity index (χ0v) is 22.4. The van der Waals surface area contributed by atoms with Gasteiger partial charge in [0.1, 0.15) is 18.0 Å². The number of pyridine rings is 2. The number of aromatic nitrogens is 4. The summed E-state index contributed by atoms with van der Waals surface area (Å²) in [5.41, 5.74) is 3.21. The topological polar surface area (TPSA) is 108 Å². The van der Waals surface area contributed by atoms with Gasteiger partial charge in [0, 0.05) is 48.8 Å². The third kappa shape index (κ3) is 5.96. The number of carbonyl (C=O) groups excluding carboxylic acids is 1. The molecule has 0 saturated carbocycles. The number of hydrogen-bond acceptors (Lipinski definition) is 8. The lowest BCUT2D eigenvalue weighted by atomic mass is 9.96. The second kappa shape index (κ2) is 11.7. The maximum atomic E-state index is 14.4. The van der Waals surface area contributed by atoms with Crippen molar-refractivity contribution in [2.45, 2.75) is 31.7 Å². The van der Waals surface area contributed by atoms with Crippen LogP contribution in [0.4, 0.5) is 16.0 Å². The van der Waals surface area contributed by atoms with E-state index in [2.05, 4.69) is 54.8 Å². The van der Waals surface area contributed by atoms with Crippen LogP contribution in [0.15, 0.2) is 55.1 Å². The van der Waals surface area contributed by atoms with Crippen LogP contribution in [-0.4, -0.2) is 70.5 Å². The minimum absolute atomic E-state index is 0.00567. The van der Waals surface area contributed by atoms with E-state index >= 15 is 0 Å². The van der Waals surface area contributed by atoms with E-state index < -0.39 is 11.7 Å². The van der Waals surface area contributed by atoms with E-state index in [9.17, 15) is 9.18 Å². The Kier molecular flexibility index (Phi) is 7.92. The predicted molar refractivity (Wildman–Crippen MR) is 151 cm³/mol. The van der Waals surface area contributed by atoms with Gasteiger partial charge in [0.15, 0.2) is 5.82 Å². The molecule has 0 aliphatic carbocycles. The van der Waals surface area contributed by atoms with Crippen molar-refractivity contribution >= 4 is 28.4 Å². The fraction of sp³-hybridized carbons (Fsp3) is 0.345.